The van der Waals surface area contributed by atoms with Gasteiger partial charge in [0.25, 0.3) is 0 Å². The van der Waals surface area contributed by atoms with Gasteiger partial charge < -0.3 is 15.2 Å². The third-order valence-corrected chi connectivity index (χ3v) is 9.50. The molecule has 212 valence electrons. The van der Waals surface area contributed by atoms with Gasteiger partial charge in [-0.15, -0.1) is 11.8 Å². The van der Waals surface area contributed by atoms with Gasteiger partial charge in [0.15, 0.2) is 0 Å². The van der Waals surface area contributed by atoms with E-state index in [-0.39, 0.29) is 24.8 Å². The summed E-state index contributed by atoms with van der Waals surface area (Å²) >= 11 is 13.9. The molecule has 42 heavy (non-hydrogen) atoms. The van der Waals surface area contributed by atoms with Gasteiger partial charge in [-0.2, -0.15) is 0 Å². The minimum Gasteiger partial charge on any atom is -0.361 e. The number of aryl methyl sites for hydroxylation is 1. The highest BCUT2D eigenvalue weighted by atomic mass is 35.5. The van der Waals surface area contributed by atoms with Crippen molar-refractivity contribution in [3.63, 3.8) is 0 Å². The van der Waals surface area contributed by atoms with Crippen molar-refractivity contribution < 1.29 is 9.59 Å². The zero-order valence-electron chi connectivity index (χ0n) is 22.8. The van der Waals surface area contributed by atoms with E-state index in [0.29, 0.717) is 16.6 Å². The summed E-state index contributed by atoms with van der Waals surface area (Å²) in [5.74, 6) is -0.329. The van der Waals surface area contributed by atoms with Crippen LogP contribution in [0.3, 0.4) is 0 Å². The SMILES string of the molecule is Cc1ccc(S[C@@]2(C(=O)NCc3ccccn3)CC(=O)N(Cc3ccc(Cl)cc3)[C@@H]2c2c[nH]c3cc(Cl)ccc23)cc1. The molecule has 0 unspecified atom stereocenters. The number of carbonyl (C=O) groups is 2. The molecule has 5 aromatic rings. The third-order valence-electron chi connectivity index (χ3n) is 7.59. The number of nitrogens with one attached hydrogen (secondary N) is 2. The summed E-state index contributed by atoms with van der Waals surface area (Å²) in [6, 6.07) is 26.1. The minimum atomic E-state index is -1.18. The Balaban J connectivity index is 1.49. The summed E-state index contributed by atoms with van der Waals surface area (Å²) < 4.78 is -1.18. The number of H-pyrrole nitrogens is 1. The number of amides is 2. The molecule has 0 bridgehead atoms. The molecule has 0 spiro atoms. The van der Waals surface area contributed by atoms with E-state index < -0.39 is 10.8 Å². The van der Waals surface area contributed by atoms with E-state index in [9.17, 15) is 9.59 Å². The van der Waals surface area contributed by atoms with Crippen LogP contribution in [-0.2, 0) is 22.7 Å². The maximum atomic E-state index is 14.5. The molecule has 2 aromatic heterocycles. The fourth-order valence-electron chi connectivity index (χ4n) is 5.53. The highest BCUT2D eigenvalue weighted by Gasteiger charge is 2.58. The summed E-state index contributed by atoms with van der Waals surface area (Å²) in [5, 5.41) is 5.26. The van der Waals surface area contributed by atoms with E-state index in [2.05, 4.69) is 15.3 Å². The molecule has 2 N–H and O–H groups in total. The largest absolute Gasteiger partial charge is 0.361 e. The van der Waals surface area contributed by atoms with Crippen LogP contribution in [0.4, 0.5) is 0 Å². The number of aromatic amines is 1. The second kappa shape index (κ2) is 11.8. The van der Waals surface area contributed by atoms with Crippen molar-refractivity contribution in [2.45, 2.75) is 42.1 Å². The Morgan fingerprint density at radius 1 is 1.05 bits per heavy atom. The molecule has 0 aliphatic carbocycles. The van der Waals surface area contributed by atoms with Crippen molar-refractivity contribution in [1.29, 1.82) is 0 Å². The van der Waals surface area contributed by atoms with Gasteiger partial charge in [0, 0.05) is 50.3 Å². The van der Waals surface area contributed by atoms with Crippen molar-refractivity contribution in [3.8, 4) is 0 Å². The second-order valence-electron chi connectivity index (χ2n) is 10.5. The van der Waals surface area contributed by atoms with Crippen LogP contribution in [-0.4, -0.2) is 31.4 Å². The Hall–Kier alpha value is -3.78. The molecule has 2 atom stereocenters. The molecule has 6 rings (SSSR count). The highest BCUT2D eigenvalue weighted by Crippen LogP contribution is 2.54. The first-order valence-corrected chi connectivity index (χ1v) is 15.1. The van der Waals surface area contributed by atoms with E-state index >= 15 is 0 Å². The average molecular weight is 616 g/mol. The minimum absolute atomic E-state index is 0.0259. The lowest BCUT2D eigenvalue weighted by Crippen LogP contribution is -2.48. The van der Waals surface area contributed by atoms with Gasteiger partial charge in [-0.1, -0.05) is 65.2 Å². The fraction of sp³-hybridized carbons (Fsp3) is 0.182. The Labute approximate surface area is 258 Å². The van der Waals surface area contributed by atoms with E-state index in [4.69, 9.17) is 23.2 Å². The number of pyridine rings is 1. The summed E-state index contributed by atoms with van der Waals surface area (Å²) in [4.78, 5) is 39.0. The van der Waals surface area contributed by atoms with Crippen LogP contribution in [0.25, 0.3) is 10.9 Å². The molecule has 2 amide bonds. The van der Waals surface area contributed by atoms with E-state index in [1.165, 1.54) is 11.8 Å². The zero-order valence-corrected chi connectivity index (χ0v) is 25.1. The van der Waals surface area contributed by atoms with E-state index in [0.717, 1.165) is 38.2 Å². The Bertz CT molecular complexity index is 1740. The van der Waals surface area contributed by atoms with Crippen LogP contribution in [0, 0.1) is 6.92 Å². The lowest BCUT2D eigenvalue weighted by molar-refractivity contribution is -0.129. The first kappa shape index (κ1) is 28.3. The number of likely N-dealkylation sites (tertiary alicyclic amines) is 1. The highest BCUT2D eigenvalue weighted by molar-refractivity contribution is 8.01. The van der Waals surface area contributed by atoms with Crippen LogP contribution in [0.15, 0.2) is 102 Å². The molecule has 1 aliphatic rings. The monoisotopic (exact) mass is 614 g/mol. The summed E-state index contributed by atoms with van der Waals surface area (Å²) in [5.41, 5.74) is 4.47. The lowest BCUT2D eigenvalue weighted by Gasteiger charge is -2.36. The molecular weight excluding hydrogens is 587 g/mol. The van der Waals surface area contributed by atoms with Gasteiger partial charge in [-0.25, -0.2) is 0 Å². The molecular formula is C33H28Cl2N4O2S. The van der Waals surface area contributed by atoms with Gasteiger partial charge in [-0.05, 0) is 61.0 Å². The Kier molecular flexibility index (Phi) is 7.99. The lowest BCUT2D eigenvalue weighted by atomic mass is 9.91. The second-order valence-corrected chi connectivity index (χ2v) is 12.7. The number of carbonyl (C=O) groups excluding carboxylic acids is 2. The molecule has 9 heteroatoms. The van der Waals surface area contributed by atoms with Gasteiger partial charge in [-0.3, -0.25) is 14.6 Å². The summed E-state index contributed by atoms with van der Waals surface area (Å²) in [7, 11) is 0. The third kappa shape index (κ3) is 5.64. The normalized spacial score (nSPS) is 18.5. The van der Waals surface area contributed by atoms with E-state index in [1.807, 2.05) is 103 Å². The first-order valence-electron chi connectivity index (χ1n) is 13.6. The van der Waals surface area contributed by atoms with Crippen molar-refractivity contribution >= 4 is 57.7 Å². The molecule has 0 saturated carbocycles. The number of hydrogen-bond acceptors (Lipinski definition) is 4. The van der Waals surface area contributed by atoms with Gasteiger partial charge in [0.2, 0.25) is 11.8 Å². The van der Waals surface area contributed by atoms with Crippen molar-refractivity contribution in [2.24, 2.45) is 0 Å². The van der Waals surface area contributed by atoms with Crippen LogP contribution in [0.2, 0.25) is 10.0 Å². The number of fused-ring (bicyclic) bond motifs is 1. The number of benzene rings is 3. The molecule has 3 aromatic carbocycles. The predicted octanol–water partition coefficient (Wildman–Crippen LogP) is 7.50. The van der Waals surface area contributed by atoms with Gasteiger partial charge in [0.1, 0.15) is 4.75 Å². The van der Waals surface area contributed by atoms with Crippen molar-refractivity contribution in [3.05, 3.63) is 130 Å². The quantitative estimate of drug-likeness (QED) is 0.190. The van der Waals surface area contributed by atoms with Gasteiger partial charge >= 0.3 is 0 Å². The molecule has 1 saturated heterocycles. The fourth-order valence-corrected chi connectivity index (χ4v) is 7.25. The molecule has 1 fully saturated rings. The molecule has 6 nitrogen and oxygen atoms in total. The number of thioether (sulfide) groups is 1. The zero-order chi connectivity index (χ0) is 29.3. The number of rotatable bonds is 8. The van der Waals surface area contributed by atoms with Crippen LogP contribution in [0.5, 0.6) is 0 Å². The van der Waals surface area contributed by atoms with Crippen LogP contribution < -0.4 is 5.32 Å². The van der Waals surface area contributed by atoms with Crippen molar-refractivity contribution in [1.82, 2.24) is 20.2 Å². The van der Waals surface area contributed by atoms with Gasteiger partial charge in [0.05, 0.1) is 24.7 Å². The maximum absolute atomic E-state index is 14.5. The summed E-state index contributed by atoms with van der Waals surface area (Å²) in [6.07, 6.45) is 3.62. The topological polar surface area (TPSA) is 78.1 Å². The number of nitrogens with zero attached hydrogens (tertiary/aromatic N) is 2. The number of aromatic nitrogens is 2. The van der Waals surface area contributed by atoms with Crippen molar-refractivity contribution in [2.75, 3.05) is 0 Å². The van der Waals surface area contributed by atoms with Crippen LogP contribution in [0.1, 0.15) is 34.8 Å². The predicted molar refractivity (Wildman–Crippen MR) is 169 cm³/mol. The standard InChI is InChI=1S/C33H28Cl2N4O2S/c1-21-5-12-26(13-6-21)42-33(32(41)38-18-25-4-2-3-15-36-25)17-30(40)39(20-22-7-9-23(34)10-8-22)31(33)28-19-37-29-16-24(35)11-14-27(28)29/h2-16,19,31,37H,17-18,20H2,1H3,(H,38,41)/t31-,33+/m1/s1. The maximum Gasteiger partial charge on any atom is 0.239 e. The first-order chi connectivity index (χ1) is 20.3. The molecule has 0 radical (unpaired) electrons. The molecule has 1 aliphatic heterocycles. The Morgan fingerprint density at radius 3 is 2.55 bits per heavy atom. The number of halogens is 2. The van der Waals surface area contributed by atoms with E-state index in [1.54, 1.807) is 6.20 Å². The molecule has 3 heterocycles. The number of hydrogen-bond donors (Lipinski definition) is 2. The average Bonchev–Trinajstić information content (AvgIpc) is 3.52. The Morgan fingerprint density at radius 2 is 1.81 bits per heavy atom. The smallest absolute Gasteiger partial charge is 0.239 e. The van der Waals surface area contributed by atoms with Crippen LogP contribution >= 0.6 is 35.0 Å². The summed E-state index contributed by atoms with van der Waals surface area (Å²) in [6.45, 7) is 2.60.